The zero-order chi connectivity index (χ0) is 17.5. The first-order chi connectivity index (χ1) is 11.5. The van der Waals surface area contributed by atoms with Crippen molar-refractivity contribution in [3.05, 3.63) is 91.8 Å². The van der Waals surface area contributed by atoms with Gasteiger partial charge in [-0.2, -0.15) is 0 Å². The molecular formula is C16H12Cl3N3O2. The number of rotatable bonds is 6. The van der Waals surface area contributed by atoms with Gasteiger partial charge in [0.2, 0.25) is 0 Å². The molecule has 0 heterocycles. The standard InChI is InChI=1S/C16H12Cl3N3O2/c17-13(15(18)19)14(22(23)24)16(20-11-7-3-1-4-8-11)21-12-9-5-2-6-10-12/h1-10,20-21H. The molecule has 2 rings (SSSR count). The molecule has 2 N–H and O–H groups in total. The molecule has 24 heavy (non-hydrogen) atoms. The van der Waals surface area contributed by atoms with E-state index in [9.17, 15) is 10.1 Å². The molecular weight excluding hydrogens is 373 g/mol. The van der Waals surface area contributed by atoms with Crippen molar-refractivity contribution in [3.63, 3.8) is 0 Å². The second-order valence-electron chi connectivity index (χ2n) is 4.54. The monoisotopic (exact) mass is 383 g/mol. The third-order valence-corrected chi connectivity index (χ3v) is 3.82. The van der Waals surface area contributed by atoms with Crippen LogP contribution in [-0.4, -0.2) is 4.92 Å². The number of nitrogens with one attached hydrogen (secondary N) is 2. The third-order valence-electron chi connectivity index (χ3n) is 2.88. The Kier molecular flexibility index (Phi) is 6.49. The number of halogens is 3. The summed E-state index contributed by atoms with van der Waals surface area (Å²) in [5.74, 6) is 0.0428. The molecule has 2 aromatic carbocycles. The maximum atomic E-state index is 11.5. The molecule has 0 aliphatic rings. The molecule has 0 aliphatic heterocycles. The van der Waals surface area contributed by atoms with Gasteiger partial charge in [-0.25, -0.2) is 0 Å². The maximum absolute atomic E-state index is 11.5. The van der Waals surface area contributed by atoms with E-state index in [2.05, 4.69) is 10.6 Å². The van der Waals surface area contributed by atoms with Gasteiger partial charge in [0.05, 0.1) is 4.92 Å². The zero-order valence-corrected chi connectivity index (χ0v) is 14.4. The van der Waals surface area contributed by atoms with Gasteiger partial charge in [-0.05, 0) is 24.3 Å². The number of nitrogens with zero attached hydrogens (tertiary/aromatic N) is 1. The van der Waals surface area contributed by atoms with Gasteiger partial charge < -0.3 is 10.6 Å². The Morgan fingerprint density at radius 3 is 1.58 bits per heavy atom. The fourth-order valence-corrected chi connectivity index (χ4v) is 2.19. The lowest BCUT2D eigenvalue weighted by Gasteiger charge is -2.14. The van der Waals surface area contributed by atoms with Crippen LogP contribution in [0.25, 0.3) is 0 Å². The van der Waals surface area contributed by atoms with Crippen LogP contribution in [0, 0.1) is 10.1 Å². The minimum absolute atomic E-state index is 0.0428. The number of hydrogen-bond acceptors (Lipinski definition) is 4. The molecule has 0 saturated heterocycles. The van der Waals surface area contributed by atoms with Crippen LogP contribution in [0.15, 0.2) is 81.7 Å². The first-order valence-corrected chi connectivity index (χ1v) is 7.86. The Labute approximate surface area is 153 Å². The quantitative estimate of drug-likeness (QED) is 0.390. The molecule has 0 radical (unpaired) electrons. The highest BCUT2D eigenvalue weighted by Gasteiger charge is 2.26. The summed E-state index contributed by atoms with van der Waals surface area (Å²) in [6.45, 7) is 0. The third kappa shape index (κ3) is 4.89. The minimum Gasteiger partial charge on any atom is -0.336 e. The van der Waals surface area contributed by atoms with Crippen LogP contribution < -0.4 is 10.6 Å². The molecule has 8 heteroatoms. The van der Waals surface area contributed by atoms with Gasteiger partial charge in [0.15, 0.2) is 10.9 Å². The van der Waals surface area contributed by atoms with E-state index < -0.39 is 15.1 Å². The van der Waals surface area contributed by atoms with Crippen LogP contribution in [0.5, 0.6) is 0 Å². The highest BCUT2D eigenvalue weighted by atomic mass is 35.5. The lowest BCUT2D eigenvalue weighted by molar-refractivity contribution is -0.420. The summed E-state index contributed by atoms with van der Waals surface area (Å²) < 4.78 is -0.398. The predicted octanol–water partition coefficient (Wildman–Crippen LogP) is 5.54. The molecule has 0 fully saturated rings. The van der Waals surface area contributed by atoms with E-state index in [1.165, 1.54) is 0 Å². The van der Waals surface area contributed by atoms with Crippen LogP contribution >= 0.6 is 34.8 Å². The lowest BCUT2D eigenvalue weighted by Crippen LogP contribution is -2.17. The summed E-state index contributed by atoms with van der Waals surface area (Å²) in [6.07, 6.45) is 0. The van der Waals surface area contributed by atoms with E-state index in [1.807, 2.05) is 12.1 Å². The van der Waals surface area contributed by atoms with E-state index in [-0.39, 0.29) is 10.9 Å². The van der Waals surface area contributed by atoms with Crippen LogP contribution in [-0.2, 0) is 0 Å². The van der Waals surface area contributed by atoms with Crippen LogP contribution in [0.2, 0.25) is 0 Å². The molecule has 0 bridgehead atoms. The van der Waals surface area contributed by atoms with E-state index in [0.717, 1.165) is 0 Å². The van der Waals surface area contributed by atoms with Crippen molar-refractivity contribution in [3.8, 4) is 0 Å². The number of benzene rings is 2. The molecule has 0 aromatic heterocycles. The Hall–Kier alpha value is -2.21. The lowest BCUT2D eigenvalue weighted by atomic mass is 10.3. The van der Waals surface area contributed by atoms with E-state index >= 15 is 0 Å². The Bertz CT molecular complexity index is 730. The number of para-hydroxylation sites is 2. The van der Waals surface area contributed by atoms with Gasteiger partial charge in [-0.1, -0.05) is 71.2 Å². The maximum Gasteiger partial charge on any atom is 0.330 e. The van der Waals surface area contributed by atoms with E-state index in [4.69, 9.17) is 34.8 Å². The zero-order valence-electron chi connectivity index (χ0n) is 12.2. The van der Waals surface area contributed by atoms with Crippen molar-refractivity contribution in [2.75, 3.05) is 10.6 Å². The highest BCUT2D eigenvalue weighted by molar-refractivity contribution is 6.59. The van der Waals surface area contributed by atoms with Gasteiger partial charge >= 0.3 is 5.70 Å². The van der Waals surface area contributed by atoms with Gasteiger partial charge in [0.25, 0.3) is 0 Å². The molecule has 5 nitrogen and oxygen atoms in total. The van der Waals surface area contributed by atoms with Crippen molar-refractivity contribution in [1.29, 1.82) is 0 Å². The molecule has 0 atom stereocenters. The average molecular weight is 385 g/mol. The van der Waals surface area contributed by atoms with Gasteiger partial charge in [0, 0.05) is 11.4 Å². The summed E-state index contributed by atoms with van der Waals surface area (Å²) in [4.78, 5) is 10.8. The smallest absolute Gasteiger partial charge is 0.330 e. The van der Waals surface area contributed by atoms with E-state index in [1.54, 1.807) is 48.5 Å². The topological polar surface area (TPSA) is 67.2 Å². The number of nitro groups is 1. The van der Waals surface area contributed by atoms with Crippen LogP contribution in [0.1, 0.15) is 0 Å². The SMILES string of the molecule is O=[N+]([O-])C(=C(Nc1ccccc1)Nc1ccccc1)C(Cl)=C(Cl)Cl. The Morgan fingerprint density at radius 1 is 0.833 bits per heavy atom. The van der Waals surface area contributed by atoms with Crippen molar-refractivity contribution in [1.82, 2.24) is 0 Å². The Balaban J connectivity index is 2.53. The fraction of sp³-hybridized carbons (Fsp3) is 0. The van der Waals surface area contributed by atoms with Gasteiger partial charge in [0.1, 0.15) is 4.49 Å². The summed E-state index contributed by atoms with van der Waals surface area (Å²) in [7, 11) is 0. The van der Waals surface area contributed by atoms with Crippen molar-refractivity contribution in [2.24, 2.45) is 0 Å². The van der Waals surface area contributed by atoms with Crippen LogP contribution in [0.4, 0.5) is 11.4 Å². The molecule has 0 spiro atoms. The summed E-state index contributed by atoms with van der Waals surface area (Å²) in [5.41, 5.74) is 0.792. The minimum atomic E-state index is -0.658. The largest absolute Gasteiger partial charge is 0.336 e. The first kappa shape index (κ1) is 18.1. The molecule has 124 valence electrons. The predicted molar refractivity (Wildman–Crippen MR) is 98.7 cm³/mol. The highest BCUT2D eigenvalue weighted by Crippen LogP contribution is 2.29. The van der Waals surface area contributed by atoms with E-state index in [0.29, 0.717) is 11.4 Å². The average Bonchev–Trinajstić information content (AvgIpc) is 2.56. The second kappa shape index (κ2) is 8.59. The van der Waals surface area contributed by atoms with Crippen molar-refractivity contribution < 1.29 is 4.92 Å². The molecule has 0 amide bonds. The summed E-state index contributed by atoms with van der Waals surface area (Å²) in [5, 5.41) is 17.0. The first-order valence-electron chi connectivity index (χ1n) is 6.73. The summed E-state index contributed by atoms with van der Waals surface area (Å²) >= 11 is 17.2. The molecule has 0 aliphatic carbocycles. The normalized spacial score (nSPS) is 9.79. The summed E-state index contributed by atoms with van der Waals surface area (Å²) in [6, 6.07) is 17.8. The molecule has 0 unspecified atom stereocenters. The second-order valence-corrected chi connectivity index (χ2v) is 5.86. The number of hydrogen-bond donors (Lipinski definition) is 2. The van der Waals surface area contributed by atoms with Crippen molar-refractivity contribution >= 4 is 46.2 Å². The van der Waals surface area contributed by atoms with Crippen molar-refractivity contribution in [2.45, 2.75) is 0 Å². The molecule has 2 aromatic rings. The number of allylic oxidation sites excluding steroid dienone is 1. The fourth-order valence-electron chi connectivity index (χ4n) is 1.85. The molecule has 0 saturated carbocycles. The van der Waals surface area contributed by atoms with Gasteiger partial charge in [-0.15, -0.1) is 0 Å². The van der Waals surface area contributed by atoms with Gasteiger partial charge in [-0.3, -0.25) is 10.1 Å². The Morgan fingerprint density at radius 2 is 1.25 bits per heavy atom. The van der Waals surface area contributed by atoms with Crippen LogP contribution in [0.3, 0.4) is 0 Å². The number of anilines is 2.